The van der Waals surface area contributed by atoms with Gasteiger partial charge in [-0.2, -0.15) is 0 Å². The molecule has 10 nitrogen and oxygen atoms in total. The molecule has 2 atom stereocenters. The number of nitrogens with zero attached hydrogens (tertiary/aromatic N) is 1. The Morgan fingerprint density at radius 3 is 1.95 bits per heavy atom. The summed E-state index contributed by atoms with van der Waals surface area (Å²) >= 11 is 0. The van der Waals surface area contributed by atoms with Crippen molar-refractivity contribution in [1.29, 1.82) is 0 Å². The molecule has 0 aliphatic carbocycles. The van der Waals surface area contributed by atoms with Gasteiger partial charge in [-0.05, 0) is 70.0 Å². The summed E-state index contributed by atoms with van der Waals surface area (Å²) in [5.41, 5.74) is 0.245. The molecule has 0 aromatic heterocycles. The van der Waals surface area contributed by atoms with Gasteiger partial charge in [-0.1, -0.05) is 24.3 Å². The van der Waals surface area contributed by atoms with Crippen molar-refractivity contribution in [2.24, 2.45) is 0 Å². The van der Waals surface area contributed by atoms with Gasteiger partial charge in [0.1, 0.15) is 29.2 Å². The summed E-state index contributed by atoms with van der Waals surface area (Å²) in [5, 5.41) is 34.6. The van der Waals surface area contributed by atoms with Gasteiger partial charge in [-0.25, -0.2) is 4.79 Å². The summed E-state index contributed by atoms with van der Waals surface area (Å²) < 4.78 is 5.36. The summed E-state index contributed by atoms with van der Waals surface area (Å²) in [6.45, 7) is 8.00. The Bertz CT molecular complexity index is 1050. The normalized spacial score (nSPS) is 12.9. The number of ether oxygens (including phenoxy) is 1. The monoisotopic (exact) mass is 515 g/mol. The highest BCUT2D eigenvalue weighted by Crippen LogP contribution is 2.25. The molecule has 0 saturated heterocycles. The predicted octanol–water partition coefficient (Wildman–Crippen LogP) is 2.62. The number of aromatic hydroxyl groups is 2. The Kier molecular flexibility index (Phi) is 10.3. The van der Waals surface area contributed by atoms with Crippen LogP contribution in [-0.4, -0.2) is 69.0 Å². The minimum atomic E-state index is -1.16. The highest BCUT2D eigenvalue weighted by atomic mass is 16.6. The Morgan fingerprint density at radius 1 is 0.919 bits per heavy atom. The van der Waals surface area contributed by atoms with Crippen LogP contribution in [0.2, 0.25) is 0 Å². The second-order valence-electron chi connectivity index (χ2n) is 9.98. The fourth-order valence-corrected chi connectivity index (χ4v) is 3.68. The van der Waals surface area contributed by atoms with E-state index in [4.69, 9.17) is 4.74 Å². The standard InChI is InChI=1S/C27H37N3O7/c1-17(2)28-24(34)23(19-8-12-21(33)13-9-19)30(14-15-31)25(35)22(29-26(36)37-27(3,4)5)16-18-6-10-20(32)11-7-18/h6-13,17,22-23,31-33H,14-16H2,1-5H3,(H,28,34)(H,29,36). The molecule has 37 heavy (non-hydrogen) atoms. The molecule has 0 bridgehead atoms. The van der Waals surface area contributed by atoms with Crippen LogP contribution in [0.25, 0.3) is 0 Å². The molecule has 0 saturated carbocycles. The zero-order valence-corrected chi connectivity index (χ0v) is 21.9. The van der Waals surface area contributed by atoms with Crippen molar-refractivity contribution in [3.05, 3.63) is 59.7 Å². The maximum atomic E-state index is 13.9. The fourth-order valence-electron chi connectivity index (χ4n) is 3.68. The number of rotatable bonds is 10. The molecular weight excluding hydrogens is 478 g/mol. The Labute approximate surface area is 217 Å². The topological polar surface area (TPSA) is 148 Å². The van der Waals surface area contributed by atoms with Crippen LogP contribution in [0.3, 0.4) is 0 Å². The average molecular weight is 516 g/mol. The summed E-state index contributed by atoms with van der Waals surface area (Å²) in [7, 11) is 0. The van der Waals surface area contributed by atoms with Gasteiger partial charge in [0, 0.05) is 19.0 Å². The second-order valence-corrected chi connectivity index (χ2v) is 9.98. The number of hydrogen-bond acceptors (Lipinski definition) is 7. The van der Waals surface area contributed by atoms with Crippen LogP contribution in [-0.2, 0) is 20.7 Å². The van der Waals surface area contributed by atoms with Crippen LogP contribution in [0.5, 0.6) is 11.5 Å². The zero-order chi connectivity index (χ0) is 27.8. The number of aliphatic hydroxyl groups excluding tert-OH is 1. The third-order valence-electron chi connectivity index (χ3n) is 5.19. The van der Waals surface area contributed by atoms with Crippen LogP contribution >= 0.6 is 0 Å². The number of amides is 3. The predicted molar refractivity (Wildman–Crippen MR) is 138 cm³/mol. The molecular formula is C27H37N3O7. The van der Waals surface area contributed by atoms with Crippen LogP contribution in [0.4, 0.5) is 4.79 Å². The van der Waals surface area contributed by atoms with Crippen LogP contribution in [0, 0.1) is 0 Å². The van der Waals surface area contributed by atoms with Gasteiger partial charge >= 0.3 is 6.09 Å². The molecule has 2 unspecified atom stereocenters. The first kappa shape index (κ1) is 29.4. The number of benzene rings is 2. The quantitative estimate of drug-likeness (QED) is 0.327. The van der Waals surface area contributed by atoms with Crippen molar-refractivity contribution in [1.82, 2.24) is 15.5 Å². The molecule has 3 amide bonds. The molecule has 2 aromatic carbocycles. The van der Waals surface area contributed by atoms with E-state index in [-0.39, 0.29) is 30.5 Å². The first-order valence-electron chi connectivity index (χ1n) is 12.1. The third-order valence-corrected chi connectivity index (χ3v) is 5.19. The van der Waals surface area contributed by atoms with E-state index in [1.165, 1.54) is 41.3 Å². The molecule has 0 fully saturated rings. The molecule has 10 heteroatoms. The average Bonchev–Trinajstić information content (AvgIpc) is 2.78. The Hall–Kier alpha value is -3.79. The van der Waals surface area contributed by atoms with E-state index in [2.05, 4.69) is 10.6 Å². The number of alkyl carbamates (subject to hydrolysis) is 1. The largest absolute Gasteiger partial charge is 0.508 e. The first-order chi connectivity index (χ1) is 17.3. The van der Waals surface area contributed by atoms with E-state index >= 15 is 0 Å². The van der Waals surface area contributed by atoms with Gasteiger partial charge in [-0.3, -0.25) is 9.59 Å². The number of carbonyl (C=O) groups excluding carboxylic acids is 3. The molecule has 202 valence electrons. The fraction of sp³-hybridized carbons (Fsp3) is 0.444. The molecule has 0 radical (unpaired) electrons. The number of hydrogen-bond donors (Lipinski definition) is 5. The molecule has 2 rings (SSSR count). The van der Waals surface area contributed by atoms with Gasteiger partial charge in [0.2, 0.25) is 11.8 Å². The molecule has 5 N–H and O–H groups in total. The lowest BCUT2D eigenvalue weighted by Crippen LogP contribution is -2.54. The molecule has 0 aliphatic heterocycles. The second kappa shape index (κ2) is 13.0. The van der Waals surface area contributed by atoms with Crippen LogP contribution in [0.1, 0.15) is 51.8 Å². The lowest BCUT2D eigenvalue weighted by atomic mass is 10.00. The maximum Gasteiger partial charge on any atom is 0.408 e. The van der Waals surface area contributed by atoms with Crippen LogP contribution in [0.15, 0.2) is 48.5 Å². The molecule has 0 spiro atoms. The van der Waals surface area contributed by atoms with Crippen molar-refractivity contribution >= 4 is 17.9 Å². The minimum Gasteiger partial charge on any atom is -0.508 e. The SMILES string of the molecule is CC(C)NC(=O)C(c1ccc(O)cc1)N(CCO)C(=O)C(Cc1ccc(O)cc1)NC(=O)OC(C)(C)C. The van der Waals surface area contributed by atoms with Gasteiger partial charge < -0.3 is 35.6 Å². The zero-order valence-electron chi connectivity index (χ0n) is 21.9. The maximum absolute atomic E-state index is 13.9. The van der Waals surface area contributed by atoms with Crippen molar-refractivity contribution in [3.63, 3.8) is 0 Å². The third kappa shape index (κ3) is 9.30. The van der Waals surface area contributed by atoms with E-state index in [0.29, 0.717) is 11.1 Å². The Balaban J connectivity index is 2.50. The molecule has 0 heterocycles. The summed E-state index contributed by atoms with van der Waals surface area (Å²) in [5.74, 6) is -1.07. The number of phenols is 2. The van der Waals surface area contributed by atoms with Gasteiger partial charge in [0.15, 0.2) is 0 Å². The number of phenolic OH excluding ortho intramolecular Hbond substituents is 2. The minimum absolute atomic E-state index is 0.0106. The van der Waals surface area contributed by atoms with E-state index in [0.717, 1.165) is 0 Å². The number of aliphatic hydroxyl groups is 1. The highest BCUT2D eigenvalue weighted by molar-refractivity contribution is 5.92. The van der Waals surface area contributed by atoms with Crippen molar-refractivity contribution < 1.29 is 34.4 Å². The first-order valence-corrected chi connectivity index (χ1v) is 12.1. The Morgan fingerprint density at radius 2 is 1.46 bits per heavy atom. The lowest BCUT2D eigenvalue weighted by molar-refractivity contribution is -0.143. The summed E-state index contributed by atoms with van der Waals surface area (Å²) in [6.07, 6.45) is -0.782. The number of nitrogens with one attached hydrogen (secondary N) is 2. The lowest BCUT2D eigenvalue weighted by Gasteiger charge is -2.34. The van der Waals surface area contributed by atoms with Gasteiger partial charge in [-0.15, -0.1) is 0 Å². The molecule has 2 aromatic rings. The van der Waals surface area contributed by atoms with E-state index in [9.17, 15) is 29.7 Å². The van der Waals surface area contributed by atoms with Crippen molar-refractivity contribution in [3.8, 4) is 11.5 Å². The van der Waals surface area contributed by atoms with E-state index in [1.807, 2.05) is 0 Å². The van der Waals surface area contributed by atoms with Crippen molar-refractivity contribution in [2.75, 3.05) is 13.2 Å². The summed E-state index contributed by atoms with van der Waals surface area (Å²) in [6, 6.07) is 9.47. The molecule has 0 aliphatic rings. The van der Waals surface area contributed by atoms with Crippen molar-refractivity contribution in [2.45, 2.75) is 64.8 Å². The van der Waals surface area contributed by atoms with Crippen LogP contribution < -0.4 is 10.6 Å². The van der Waals surface area contributed by atoms with Gasteiger partial charge in [0.25, 0.3) is 0 Å². The number of carbonyl (C=O) groups is 3. The smallest absolute Gasteiger partial charge is 0.408 e. The van der Waals surface area contributed by atoms with E-state index < -0.39 is 42.2 Å². The highest BCUT2D eigenvalue weighted by Gasteiger charge is 2.36. The van der Waals surface area contributed by atoms with E-state index in [1.54, 1.807) is 46.8 Å². The van der Waals surface area contributed by atoms with Gasteiger partial charge in [0.05, 0.1) is 6.61 Å². The summed E-state index contributed by atoms with van der Waals surface area (Å²) in [4.78, 5) is 41.1.